The van der Waals surface area contributed by atoms with Gasteiger partial charge in [0, 0.05) is 38.4 Å². The van der Waals surface area contributed by atoms with Gasteiger partial charge in [-0.1, -0.05) is 0 Å². The Morgan fingerprint density at radius 3 is 2.94 bits per heavy atom. The van der Waals surface area contributed by atoms with E-state index in [1.807, 2.05) is 18.4 Å². The molecule has 0 radical (unpaired) electrons. The third-order valence-electron chi connectivity index (χ3n) is 6.19. The Labute approximate surface area is 199 Å². The fourth-order valence-corrected chi connectivity index (χ4v) is 4.97. The van der Waals surface area contributed by atoms with Gasteiger partial charge in [-0.3, -0.25) is 14.6 Å². The first kappa shape index (κ1) is 22.6. The van der Waals surface area contributed by atoms with Gasteiger partial charge in [0.05, 0.1) is 35.0 Å². The molecule has 3 aromatic heterocycles. The molecule has 11 heteroatoms. The van der Waals surface area contributed by atoms with Crippen molar-refractivity contribution in [3.05, 3.63) is 47.0 Å². The molecule has 178 valence electrons. The molecule has 5 heterocycles. The summed E-state index contributed by atoms with van der Waals surface area (Å²) in [7, 11) is 0. The molecule has 0 saturated carbocycles. The zero-order valence-corrected chi connectivity index (χ0v) is 19.5. The van der Waals surface area contributed by atoms with Crippen LogP contribution >= 0.6 is 11.3 Å². The van der Waals surface area contributed by atoms with Gasteiger partial charge in [-0.15, -0.1) is 11.3 Å². The van der Waals surface area contributed by atoms with Gasteiger partial charge in [0.25, 0.3) is 5.91 Å². The molecule has 2 saturated heterocycles. The largest absolute Gasteiger partial charge is 0.381 e. The zero-order valence-electron chi connectivity index (χ0n) is 18.7. The van der Waals surface area contributed by atoms with Crippen LogP contribution in [0.4, 0.5) is 10.3 Å². The van der Waals surface area contributed by atoms with Crippen LogP contribution in [0.3, 0.4) is 0 Å². The van der Waals surface area contributed by atoms with E-state index in [1.54, 1.807) is 11.1 Å². The molecule has 2 fully saturated rings. The summed E-state index contributed by atoms with van der Waals surface area (Å²) in [6.45, 7) is 4.63. The summed E-state index contributed by atoms with van der Waals surface area (Å²) < 4.78 is 19.5. The highest BCUT2D eigenvalue weighted by Gasteiger charge is 2.34. The zero-order chi connectivity index (χ0) is 23.7. The van der Waals surface area contributed by atoms with Crippen molar-refractivity contribution in [2.75, 3.05) is 38.2 Å². The van der Waals surface area contributed by atoms with Crippen LogP contribution in [0.25, 0.3) is 10.2 Å². The number of fused-ring (bicyclic) bond motifs is 1. The van der Waals surface area contributed by atoms with E-state index in [9.17, 15) is 14.0 Å². The van der Waals surface area contributed by atoms with Crippen molar-refractivity contribution < 1.29 is 18.7 Å². The maximum Gasteiger partial charge on any atom is 0.274 e. The maximum absolute atomic E-state index is 13.5. The molecular weight excluding hydrogens is 459 g/mol. The monoisotopic (exact) mass is 484 g/mol. The van der Waals surface area contributed by atoms with E-state index in [0.717, 1.165) is 17.3 Å². The molecular formula is C23H25FN6O3S. The van der Waals surface area contributed by atoms with Crippen molar-refractivity contribution in [2.24, 2.45) is 11.8 Å². The Kier molecular flexibility index (Phi) is 6.38. The first-order valence-electron chi connectivity index (χ1n) is 11.2. The summed E-state index contributed by atoms with van der Waals surface area (Å²) in [4.78, 5) is 40.1. The van der Waals surface area contributed by atoms with E-state index in [0.29, 0.717) is 55.6 Å². The highest BCUT2D eigenvalue weighted by Crippen LogP contribution is 2.28. The van der Waals surface area contributed by atoms with Gasteiger partial charge in [-0.05, 0) is 36.4 Å². The SMILES string of the molecule is CC(Nc1nc(C(=O)N2CC(CNC(=O)[C@@H]3CCOC3)C2)c2sccc2n1)c1cncc(F)c1. The molecule has 0 spiro atoms. The second-order valence-corrected chi connectivity index (χ2v) is 9.63. The average Bonchev–Trinajstić information content (AvgIpc) is 3.49. The fourth-order valence-electron chi connectivity index (χ4n) is 4.16. The number of likely N-dealkylation sites (tertiary alicyclic amines) is 1. The van der Waals surface area contributed by atoms with Crippen LogP contribution in [0.1, 0.15) is 35.4 Å². The minimum absolute atomic E-state index is 0.0247. The Bertz CT molecular complexity index is 1210. The number of carbonyl (C=O) groups is 2. The van der Waals surface area contributed by atoms with Crippen LogP contribution in [0.5, 0.6) is 0 Å². The third-order valence-corrected chi connectivity index (χ3v) is 7.10. The van der Waals surface area contributed by atoms with E-state index in [1.165, 1.54) is 17.4 Å². The van der Waals surface area contributed by atoms with E-state index in [4.69, 9.17) is 4.74 Å². The van der Waals surface area contributed by atoms with Crippen molar-refractivity contribution in [3.63, 3.8) is 0 Å². The number of ether oxygens (including phenoxy) is 1. The lowest BCUT2D eigenvalue weighted by Gasteiger charge is -2.39. The van der Waals surface area contributed by atoms with Gasteiger partial charge >= 0.3 is 0 Å². The third kappa shape index (κ3) is 4.71. The molecule has 0 bridgehead atoms. The highest BCUT2D eigenvalue weighted by molar-refractivity contribution is 7.17. The number of pyridine rings is 1. The predicted molar refractivity (Wildman–Crippen MR) is 125 cm³/mol. The summed E-state index contributed by atoms with van der Waals surface area (Å²) in [6, 6.07) is 2.95. The average molecular weight is 485 g/mol. The van der Waals surface area contributed by atoms with Gasteiger partial charge < -0.3 is 20.3 Å². The normalized spacial score (nSPS) is 19.1. The summed E-state index contributed by atoms with van der Waals surface area (Å²) >= 11 is 1.42. The number of halogens is 1. The summed E-state index contributed by atoms with van der Waals surface area (Å²) in [5.41, 5.74) is 1.68. The molecule has 2 atom stereocenters. The van der Waals surface area contributed by atoms with Crippen LogP contribution in [-0.2, 0) is 9.53 Å². The Morgan fingerprint density at radius 1 is 1.32 bits per heavy atom. The second kappa shape index (κ2) is 9.59. The van der Waals surface area contributed by atoms with Crippen LogP contribution in [0, 0.1) is 17.7 Å². The van der Waals surface area contributed by atoms with E-state index in [2.05, 4.69) is 25.6 Å². The van der Waals surface area contributed by atoms with Crippen molar-refractivity contribution in [2.45, 2.75) is 19.4 Å². The lowest BCUT2D eigenvalue weighted by atomic mass is 9.99. The van der Waals surface area contributed by atoms with Gasteiger partial charge in [0.1, 0.15) is 5.82 Å². The van der Waals surface area contributed by atoms with Crippen molar-refractivity contribution in [3.8, 4) is 0 Å². The number of rotatable bonds is 7. The number of anilines is 1. The molecule has 3 aromatic rings. The highest BCUT2D eigenvalue weighted by atomic mass is 32.1. The van der Waals surface area contributed by atoms with Gasteiger partial charge in [0.2, 0.25) is 11.9 Å². The number of hydrogen-bond acceptors (Lipinski definition) is 8. The molecule has 34 heavy (non-hydrogen) atoms. The fraction of sp³-hybridized carbons (Fsp3) is 0.435. The van der Waals surface area contributed by atoms with Gasteiger partial charge in [-0.2, -0.15) is 0 Å². The Morgan fingerprint density at radius 2 is 2.18 bits per heavy atom. The lowest BCUT2D eigenvalue weighted by molar-refractivity contribution is -0.125. The topological polar surface area (TPSA) is 109 Å². The number of hydrogen-bond donors (Lipinski definition) is 2. The predicted octanol–water partition coefficient (Wildman–Crippen LogP) is 2.62. The minimum atomic E-state index is -0.420. The van der Waals surface area contributed by atoms with Crippen molar-refractivity contribution in [1.82, 2.24) is 25.2 Å². The first-order valence-corrected chi connectivity index (χ1v) is 12.1. The maximum atomic E-state index is 13.5. The summed E-state index contributed by atoms with van der Waals surface area (Å²) in [5, 5.41) is 8.01. The second-order valence-electron chi connectivity index (χ2n) is 8.72. The first-order chi connectivity index (χ1) is 16.5. The number of nitrogens with zero attached hydrogens (tertiary/aromatic N) is 4. The molecule has 2 aliphatic heterocycles. The number of thiophene rings is 1. The van der Waals surface area contributed by atoms with Crippen LogP contribution in [0.15, 0.2) is 29.9 Å². The lowest BCUT2D eigenvalue weighted by Crippen LogP contribution is -2.54. The molecule has 2 aliphatic rings. The number of nitrogens with one attached hydrogen (secondary N) is 2. The molecule has 0 aliphatic carbocycles. The van der Waals surface area contributed by atoms with Crippen molar-refractivity contribution >= 4 is 39.3 Å². The van der Waals surface area contributed by atoms with Crippen LogP contribution < -0.4 is 10.6 Å². The minimum Gasteiger partial charge on any atom is -0.381 e. The molecule has 1 unspecified atom stereocenters. The van der Waals surface area contributed by atoms with E-state index in [-0.39, 0.29) is 29.7 Å². The van der Waals surface area contributed by atoms with Crippen molar-refractivity contribution in [1.29, 1.82) is 0 Å². The summed E-state index contributed by atoms with van der Waals surface area (Å²) in [6.07, 6.45) is 3.49. The Balaban J connectivity index is 1.24. The van der Waals surface area contributed by atoms with E-state index >= 15 is 0 Å². The van der Waals surface area contributed by atoms with Crippen LogP contribution in [0.2, 0.25) is 0 Å². The molecule has 9 nitrogen and oxygen atoms in total. The number of aromatic nitrogens is 3. The summed E-state index contributed by atoms with van der Waals surface area (Å²) in [5.74, 6) is -0.108. The number of amides is 2. The van der Waals surface area contributed by atoms with Crippen LogP contribution in [-0.4, -0.2) is 64.5 Å². The smallest absolute Gasteiger partial charge is 0.274 e. The number of carbonyl (C=O) groups excluding carboxylic acids is 2. The standard InChI is InChI=1S/C23H25FN6O3S/c1-13(16-6-17(24)9-25-8-16)27-23-28-18-3-5-34-20(18)19(29-23)22(32)30-10-14(11-30)7-26-21(31)15-2-4-33-12-15/h3,5-6,8-9,13-15H,2,4,7,10-12H2,1H3,(H,26,31)(H,27,28,29)/t13?,15-/m1/s1. The molecule has 2 amide bonds. The van der Waals surface area contributed by atoms with E-state index < -0.39 is 5.82 Å². The quantitative estimate of drug-likeness (QED) is 0.531. The van der Waals surface area contributed by atoms with Gasteiger partial charge in [0.15, 0.2) is 5.69 Å². The Hall–Kier alpha value is -3.18. The molecule has 2 N–H and O–H groups in total. The van der Waals surface area contributed by atoms with Gasteiger partial charge in [-0.25, -0.2) is 14.4 Å². The molecule has 5 rings (SSSR count). The molecule has 0 aromatic carbocycles.